The van der Waals surface area contributed by atoms with Crippen molar-refractivity contribution in [3.8, 4) is 5.75 Å². The predicted octanol–water partition coefficient (Wildman–Crippen LogP) is 4.97. The molecule has 1 aliphatic heterocycles. The van der Waals surface area contributed by atoms with Crippen molar-refractivity contribution in [3.05, 3.63) is 46.6 Å². The standard InChI is InChI=1S/C28H39F3N4O5/c1-26(2,3)22-16-23(35(34(22)7)17-19-9-8-13-38-19)33-24(36)20-15-18(28(29,30)31)10-11-21(20)39-14-12-32-25(37)40-27(4,5)6/h10-11,15-16,19H,8-9,12-14,17H2,1-7H3,(H,32,37)/t19-/m1/s1. The molecule has 0 radical (unpaired) electrons. The maximum Gasteiger partial charge on any atom is 0.416 e. The molecule has 0 spiro atoms. The molecule has 0 aliphatic carbocycles. The Bertz CT molecular complexity index is 1280. The number of halogens is 3. The van der Waals surface area contributed by atoms with Crippen molar-refractivity contribution < 1.29 is 37.0 Å². The normalized spacial score (nSPS) is 16.8. The average molecular weight is 569 g/mol. The molecule has 2 aromatic rings. The van der Waals surface area contributed by atoms with Crippen LogP contribution in [0.2, 0.25) is 0 Å². The molecule has 1 aromatic carbocycles. The van der Waals surface area contributed by atoms with E-state index in [-0.39, 0.29) is 36.0 Å². The van der Waals surface area contributed by atoms with E-state index >= 15 is 0 Å². The van der Waals surface area contributed by atoms with E-state index in [9.17, 15) is 22.8 Å². The minimum Gasteiger partial charge on any atom is -0.491 e. The van der Waals surface area contributed by atoms with E-state index in [1.807, 2.05) is 37.2 Å². The van der Waals surface area contributed by atoms with Crippen LogP contribution in [-0.4, -0.2) is 52.8 Å². The summed E-state index contributed by atoms with van der Waals surface area (Å²) in [7, 11) is 1.86. The summed E-state index contributed by atoms with van der Waals surface area (Å²) < 4.78 is 60.9. The summed E-state index contributed by atoms with van der Waals surface area (Å²) in [6.45, 7) is 12.2. The summed E-state index contributed by atoms with van der Waals surface area (Å²) in [4.78, 5) is 29.5. The van der Waals surface area contributed by atoms with Gasteiger partial charge < -0.3 is 19.5 Å². The molecule has 1 saturated heterocycles. The van der Waals surface area contributed by atoms with Crippen LogP contribution in [-0.2, 0) is 34.7 Å². The summed E-state index contributed by atoms with van der Waals surface area (Å²) in [6, 6.07) is 4.43. The number of carbonyl (C=O) groups is 2. The number of nitrogens with zero attached hydrogens (tertiary/aromatic N) is 3. The third-order valence-electron chi connectivity index (χ3n) is 6.19. The SMILES string of the molecule is Cn1c(C(C)(C)C)cc(=NC(=O)c2cc(C(F)(F)F)ccc2OCCNC(=O)OC(C)(C)C)n1C[C@H]1CCCO1. The largest absolute Gasteiger partial charge is 0.491 e. The molecule has 40 heavy (non-hydrogen) atoms. The second-order valence-electron chi connectivity index (χ2n) is 11.8. The van der Waals surface area contributed by atoms with Gasteiger partial charge in [0, 0.05) is 30.8 Å². The Hall–Kier alpha value is -3.28. The molecule has 0 unspecified atom stereocenters. The molecule has 1 aromatic heterocycles. The van der Waals surface area contributed by atoms with E-state index in [4.69, 9.17) is 14.2 Å². The first-order chi connectivity index (χ1) is 18.5. The fourth-order valence-electron chi connectivity index (χ4n) is 4.35. The summed E-state index contributed by atoms with van der Waals surface area (Å²) >= 11 is 0. The van der Waals surface area contributed by atoms with Gasteiger partial charge in [0.2, 0.25) is 0 Å². The second kappa shape index (κ2) is 12.1. The lowest BCUT2D eigenvalue weighted by atomic mass is 9.92. The first-order valence-electron chi connectivity index (χ1n) is 13.2. The highest BCUT2D eigenvalue weighted by molar-refractivity contribution is 5.97. The van der Waals surface area contributed by atoms with E-state index in [1.54, 1.807) is 26.8 Å². The van der Waals surface area contributed by atoms with E-state index in [2.05, 4.69) is 10.3 Å². The quantitative estimate of drug-likeness (QED) is 0.476. The fourth-order valence-corrected chi connectivity index (χ4v) is 4.35. The van der Waals surface area contributed by atoms with Gasteiger partial charge in [0.1, 0.15) is 18.0 Å². The van der Waals surface area contributed by atoms with Crippen molar-refractivity contribution in [3.63, 3.8) is 0 Å². The maximum absolute atomic E-state index is 13.5. The number of benzene rings is 1. The predicted molar refractivity (Wildman–Crippen MR) is 142 cm³/mol. The van der Waals surface area contributed by atoms with E-state index in [1.165, 1.54) is 0 Å². The number of alkyl halides is 3. The van der Waals surface area contributed by atoms with Gasteiger partial charge in [-0.2, -0.15) is 18.2 Å². The lowest BCUT2D eigenvalue weighted by Crippen LogP contribution is -2.34. The number of hydrogen-bond acceptors (Lipinski definition) is 5. The molecule has 2 amide bonds. The van der Waals surface area contributed by atoms with Gasteiger partial charge in [0.25, 0.3) is 5.91 Å². The molecule has 12 heteroatoms. The zero-order valence-electron chi connectivity index (χ0n) is 24.1. The third kappa shape index (κ3) is 8.36. The van der Waals surface area contributed by atoms with Crippen LogP contribution in [0.3, 0.4) is 0 Å². The van der Waals surface area contributed by atoms with Crippen molar-refractivity contribution in [1.29, 1.82) is 0 Å². The first-order valence-corrected chi connectivity index (χ1v) is 13.2. The Morgan fingerprint density at radius 1 is 1.12 bits per heavy atom. The van der Waals surface area contributed by atoms with Crippen LogP contribution in [0.25, 0.3) is 0 Å². The van der Waals surface area contributed by atoms with Gasteiger partial charge in [-0.15, -0.1) is 0 Å². The number of nitrogens with one attached hydrogen (secondary N) is 1. The average Bonchev–Trinajstić information content (AvgIpc) is 3.43. The number of ether oxygens (including phenoxy) is 3. The highest BCUT2D eigenvalue weighted by Crippen LogP contribution is 2.33. The Labute approximate surface area is 232 Å². The lowest BCUT2D eigenvalue weighted by molar-refractivity contribution is -0.137. The molecule has 9 nitrogen and oxygen atoms in total. The van der Waals surface area contributed by atoms with Crippen LogP contribution in [0.1, 0.15) is 76.0 Å². The summed E-state index contributed by atoms with van der Waals surface area (Å²) in [5, 5.41) is 2.51. The fraction of sp³-hybridized carbons (Fsp3) is 0.607. The number of carbonyl (C=O) groups excluding carboxylic acids is 2. The lowest BCUT2D eigenvalue weighted by Gasteiger charge is -2.21. The highest BCUT2D eigenvalue weighted by Gasteiger charge is 2.32. The molecule has 3 rings (SSSR count). The van der Waals surface area contributed by atoms with Gasteiger partial charge in [-0.25, -0.2) is 4.79 Å². The van der Waals surface area contributed by atoms with E-state index in [0.717, 1.165) is 36.7 Å². The molecule has 0 bridgehead atoms. The Kier molecular flexibility index (Phi) is 9.43. The minimum atomic E-state index is -4.67. The molecular formula is C28H39F3N4O5. The number of amides is 2. The number of alkyl carbamates (subject to hydrolysis) is 1. The molecular weight excluding hydrogens is 529 g/mol. The molecule has 0 saturated carbocycles. The number of hydrogen-bond donors (Lipinski definition) is 1. The number of aromatic nitrogens is 2. The van der Waals surface area contributed by atoms with Crippen LogP contribution < -0.4 is 15.5 Å². The van der Waals surface area contributed by atoms with E-state index < -0.39 is 29.3 Å². The van der Waals surface area contributed by atoms with Crippen LogP contribution in [0.4, 0.5) is 18.0 Å². The van der Waals surface area contributed by atoms with Gasteiger partial charge >= 0.3 is 12.3 Å². The first kappa shape index (κ1) is 31.3. The van der Waals surface area contributed by atoms with Crippen molar-refractivity contribution >= 4 is 12.0 Å². The maximum atomic E-state index is 13.5. The number of rotatable bonds is 7. The van der Waals surface area contributed by atoms with Gasteiger partial charge in [-0.3, -0.25) is 14.2 Å². The van der Waals surface area contributed by atoms with Crippen molar-refractivity contribution in [2.45, 2.75) is 84.2 Å². The van der Waals surface area contributed by atoms with Crippen LogP contribution in [0.15, 0.2) is 29.3 Å². The van der Waals surface area contributed by atoms with Crippen molar-refractivity contribution in [1.82, 2.24) is 14.7 Å². The van der Waals surface area contributed by atoms with E-state index in [0.29, 0.717) is 18.6 Å². The van der Waals surface area contributed by atoms with Crippen molar-refractivity contribution in [2.24, 2.45) is 12.0 Å². The smallest absolute Gasteiger partial charge is 0.416 e. The molecule has 1 N–H and O–H groups in total. The zero-order valence-corrected chi connectivity index (χ0v) is 24.1. The molecule has 222 valence electrons. The van der Waals surface area contributed by atoms with Crippen molar-refractivity contribution in [2.75, 3.05) is 19.8 Å². The Balaban J connectivity index is 1.94. The van der Waals surface area contributed by atoms with Gasteiger partial charge in [0.15, 0.2) is 5.49 Å². The van der Waals surface area contributed by atoms with Crippen LogP contribution in [0.5, 0.6) is 5.75 Å². The second-order valence-corrected chi connectivity index (χ2v) is 11.8. The minimum absolute atomic E-state index is 0.00965. The van der Waals surface area contributed by atoms with Gasteiger partial charge in [-0.05, 0) is 51.8 Å². The highest BCUT2D eigenvalue weighted by atomic mass is 19.4. The molecule has 2 heterocycles. The topological polar surface area (TPSA) is 96.1 Å². The monoisotopic (exact) mass is 568 g/mol. The Morgan fingerprint density at radius 3 is 2.40 bits per heavy atom. The summed E-state index contributed by atoms with van der Waals surface area (Å²) in [6.07, 6.45) is -3.59. The van der Waals surface area contributed by atoms with Crippen LogP contribution >= 0.6 is 0 Å². The van der Waals surface area contributed by atoms with Gasteiger partial charge in [-0.1, -0.05) is 20.8 Å². The zero-order chi connectivity index (χ0) is 29.9. The third-order valence-corrected chi connectivity index (χ3v) is 6.19. The summed E-state index contributed by atoms with van der Waals surface area (Å²) in [5.41, 5.74) is -1.11. The van der Waals surface area contributed by atoms with Gasteiger partial charge in [0.05, 0.1) is 30.3 Å². The van der Waals surface area contributed by atoms with Crippen LogP contribution in [0, 0.1) is 0 Å². The molecule has 1 aliphatic rings. The molecule has 1 atom stereocenters. The summed E-state index contributed by atoms with van der Waals surface area (Å²) in [5.74, 6) is -0.959. The Morgan fingerprint density at radius 2 is 1.82 bits per heavy atom. The molecule has 1 fully saturated rings.